The Morgan fingerprint density at radius 3 is 2.41 bits per heavy atom. The van der Waals surface area contributed by atoms with Gasteiger partial charge in [-0.3, -0.25) is 4.90 Å². The Morgan fingerprint density at radius 2 is 1.62 bits per heavy atom. The van der Waals surface area contributed by atoms with Gasteiger partial charge in [0.15, 0.2) is 0 Å². The third-order valence-corrected chi connectivity index (χ3v) is 5.84. The molecule has 2 atom stereocenters. The van der Waals surface area contributed by atoms with Crippen LogP contribution in [0.4, 0.5) is 13.2 Å². The number of ether oxygens (including phenoxy) is 1. The summed E-state index contributed by atoms with van der Waals surface area (Å²) in [5, 5.41) is 10.9. The molecule has 2 unspecified atom stereocenters. The number of hydrogen-bond acceptors (Lipinski definition) is 3. The maximum absolute atomic E-state index is 13.4. The topological polar surface area (TPSA) is 32.7 Å². The van der Waals surface area contributed by atoms with Gasteiger partial charge in [-0.2, -0.15) is 13.2 Å². The van der Waals surface area contributed by atoms with Crippen LogP contribution in [-0.4, -0.2) is 29.7 Å². The molecule has 3 nitrogen and oxygen atoms in total. The number of aliphatic hydroxyl groups is 1. The summed E-state index contributed by atoms with van der Waals surface area (Å²) in [5.41, 5.74) is 2.01. The summed E-state index contributed by atoms with van der Waals surface area (Å²) < 4.78 is 46.2. The molecule has 0 bridgehead atoms. The summed E-state index contributed by atoms with van der Waals surface area (Å²) in [6.07, 6.45) is -5.90. The Bertz CT molecular complexity index is 1020. The van der Waals surface area contributed by atoms with Crippen LogP contribution in [0.25, 0.3) is 0 Å². The molecule has 3 aromatic rings. The summed E-state index contributed by atoms with van der Waals surface area (Å²) in [6, 6.07) is 22.9. The normalized spacial score (nSPS) is 18.4. The predicted octanol–water partition coefficient (Wildman–Crippen LogP) is 5.56. The molecule has 168 valence electrons. The van der Waals surface area contributed by atoms with Crippen molar-refractivity contribution in [2.24, 2.45) is 0 Å². The van der Waals surface area contributed by atoms with Gasteiger partial charge in [-0.1, -0.05) is 72.8 Å². The minimum absolute atomic E-state index is 0.0811. The van der Waals surface area contributed by atoms with Crippen LogP contribution in [0.2, 0.25) is 0 Å². The van der Waals surface area contributed by atoms with E-state index in [4.69, 9.17) is 4.74 Å². The van der Waals surface area contributed by atoms with Gasteiger partial charge in [0.05, 0.1) is 24.4 Å². The number of alkyl halides is 3. The average molecular weight is 441 g/mol. The number of nitrogens with zero attached hydrogens (tertiary/aromatic N) is 1. The van der Waals surface area contributed by atoms with E-state index < -0.39 is 17.8 Å². The molecule has 0 aliphatic carbocycles. The van der Waals surface area contributed by atoms with Crippen molar-refractivity contribution in [2.45, 2.75) is 31.3 Å². The molecule has 1 heterocycles. The Morgan fingerprint density at radius 1 is 0.938 bits per heavy atom. The van der Waals surface area contributed by atoms with E-state index in [0.717, 1.165) is 24.7 Å². The highest BCUT2D eigenvalue weighted by Gasteiger charge is 2.34. The van der Waals surface area contributed by atoms with Gasteiger partial charge in [-0.15, -0.1) is 0 Å². The maximum atomic E-state index is 13.4. The fourth-order valence-electron chi connectivity index (χ4n) is 4.28. The molecule has 1 aliphatic rings. The summed E-state index contributed by atoms with van der Waals surface area (Å²) in [6.45, 7) is 2.80. The van der Waals surface area contributed by atoms with Crippen LogP contribution in [0.15, 0.2) is 78.9 Å². The van der Waals surface area contributed by atoms with Crippen molar-refractivity contribution >= 4 is 0 Å². The van der Waals surface area contributed by atoms with Gasteiger partial charge in [-0.25, -0.2) is 0 Å². The molecule has 1 saturated heterocycles. The van der Waals surface area contributed by atoms with Gasteiger partial charge in [-0.05, 0) is 28.3 Å². The van der Waals surface area contributed by atoms with E-state index in [0.29, 0.717) is 18.7 Å². The zero-order chi connectivity index (χ0) is 22.6. The van der Waals surface area contributed by atoms with Gasteiger partial charge in [0.2, 0.25) is 0 Å². The van der Waals surface area contributed by atoms with Crippen LogP contribution in [0.3, 0.4) is 0 Å². The molecule has 0 amide bonds. The number of halogens is 3. The van der Waals surface area contributed by atoms with E-state index in [9.17, 15) is 18.3 Å². The first-order valence-corrected chi connectivity index (χ1v) is 10.7. The molecule has 0 radical (unpaired) electrons. The number of rotatable bonds is 6. The first kappa shape index (κ1) is 22.5. The summed E-state index contributed by atoms with van der Waals surface area (Å²) >= 11 is 0. The van der Waals surface area contributed by atoms with Crippen LogP contribution in [-0.2, 0) is 23.9 Å². The fourth-order valence-corrected chi connectivity index (χ4v) is 4.28. The summed E-state index contributed by atoms with van der Waals surface area (Å²) in [5.74, 6) is 0. The molecule has 6 heteroatoms. The Hall–Kier alpha value is -2.67. The highest BCUT2D eigenvalue weighted by atomic mass is 19.4. The number of benzene rings is 3. The van der Waals surface area contributed by atoms with Crippen molar-refractivity contribution in [3.05, 3.63) is 107 Å². The quantitative estimate of drug-likeness (QED) is 0.544. The minimum Gasteiger partial charge on any atom is -0.388 e. The van der Waals surface area contributed by atoms with Crippen LogP contribution in [0, 0.1) is 0 Å². The molecule has 0 aromatic heterocycles. The second kappa shape index (κ2) is 9.86. The first-order chi connectivity index (χ1) is 15.4. The summed E-state index contributed by atoms with van der Waals surface area (Å²) in [4.78, 5) is 2.30. The lowest BCUT2D eigenvalue weighted by Crippen LogP contribution is -2.38. The van der Waals surface area contributed by atoms with Crippen molar-refractivity contribution in [2.75, 3.05) is 19.7 Å². The SMILES string of the molecule is OC(Cc1ccccc1C(F)(F)F)c1ccccc1C1CN(Cc2ccccc2)CCO1. The van der Waals surface area contributed by atoms with Crippen molar-refractivity contribution in [3.8, 4) is 0 Å². The lowest BCUT2D eigenvalue weighted by molar-refractivity contribution is -0.138. The van der Waals surface area contributed by atoms with Crippen LogP contribution >= 0.6 is 0 Å². The first-order valence-electron chi connectivity index (χ1n) is 10.7. The lowest BCUT2D eigenvalue weighted by atomic mass is 9.92. The van der Waals surface area contributed by atoms with Crippen molar-refractivity contribution in [1.82, 2.24) is 4.90 Å². The van der Waals surface area contributed by atoms with Gasteiger partial charge >= 0.3 is 6.18 Å². The molecule has 4 rings (SSSR count). The zero-order valence-electron chi connectivity index (χ0n) is 17.6. The molecule has 1 aliphatic heterocycles. The van der Waals surface area contributed by atoms with Crippen LogP contribution < -0.4 is 0 Å². The Kier molecular flexibility index (Phi) is 6.94. The monoisotopic (exact) mass is 441 g/mol. The van der Waals surface area contributed by atoms with Gasteiger partial charge in [0.1, 0.15) is 0 Å². The zero-order valence-corrected chi connectivity index (χ0v) is 17.6. The number of morpholine rings is 1. The molecule has 32 heavy (non-hydrogen) atoms. The third kappa shape index (κ3) is 5.38. The Balaban J connectivity index is 1.53. The van der Waals surface area contributed by atoms with Crippen molar-refractivity contribution in [3.63, 3.8) is 0 Å². The smallest absolute Gasteiger partial charge is 0.388 e. The molecular formula is C26H26F3NO2. The van der Waals surface area contributed by atoms with Gasteiger partial charge in [0.25, 0.3) is 0 Å². The van der Waals surface area contributed by atoms with Crippen LogP contribution in [0.5, 0.6) is 0 Å². The molecule has 0 spiro atoms. The standard InChI is InChI=1S/C26H26F3NO2/c27-26(28,29)23-13-7-4-10-20(23)16-24(31)21-11-5-6-12-22(21)25-18-30(14-15-32-25)17-19-8-2-1-3-9-19/h1-13,24-25,31H,14-18H2. The molecule has 3 aromatic carbocycles. The molecular weight excluding hydrogens is 415 g/mol. The third-order valence-electron chi connectivity index (χ3n) is 5.84. The Labute approximate surface area is 186 Å². The van der Waals surface area contributed by atoms with E-state index in [-0.39, 0.29) is 18.1 Å². The van der Waals surface area contributed by atoms with E-state index in [1.165, 1.54) is 17.7 Å². The van der Waals surface area contributed by atoms with Crippen LogP contribution in [0.1, 0.15) is 40.0 Å². The second-order valence-electron chi connectivity index (χ2n) is 8.08. The van der Waals surface area contributed by atoms with E-state index >= 15 is 0 Å². The number of hydrogen-bond donors (Lipinski definition) is 1. The molecule has 1 N–H and O–H groups in total. The van der Waals surface area contributed by atoms with Crippen molar-refractivity contribution < 1.29 is 23.0 Å². The highest BCUT2D eigenvalue weighted by Crippen LogP contribution is 2.35. The average Bonchev–Trinajstić information content (AvgIpc) is 2.79. The molecule has 0 saturated carbocycles. The predicted molar refractivity (Wildman–Crippen MR) is 117 cm³/mol. The van der Waals surface area contributed by atoms with E-state index in [1.54, 1.807) is 18.2 Å². The number of aliphatic hydroxyl groups excluding tert-OH is 1. The fraction of sp³-hybridized carbons (Fsp3) is 0.308. The van der Waals surface area contributed by atoms with E-state index in [2.05, 4.69) is 17.0 Å². The van der Waals surface area contributed by atoms with Gasteiger partial charge < -0.3 is 9.84 Å². The minimum atomic E-state index is -4.46. The molecule has 1 fully saturated rings. The largest absolute Gasteiger partial charge is 0.416 e. The van der Waals surface area contributed by atoms with E-state index in [1.807, 2.05) is 30.3 Å². The second-order valence-corrected chi connectivity index (χ2v) is 8.08. The highest BCUT2D eigenvalue weighted by molar-refractivity contribution is 5.35. The van der Waals surface area contributed by atoms with Crippen molar-refractivity contribution in [1.29, 1.82) is 0 Å². The van der Waals surface area contributed by atoms with Gasteiger partial charge in [0, 0.05) is 26.1 Å². The summed E-state index contributed by atoms with van der Waals surface area (Å²) in [7, 11) is 0. The lowest BCUT2D eigenvalue weighted by Gasteiger charge is -2.34. The maximum Gasteiger partial charge on any atom is 0.416 e.